The van der Waals surface area contributed by atoms with Gasteiger partial charge in [-0.05, 0) is 96.7 Å². The molecule has 16 heteroatoms. The van der Waals surface area contributed by atoms with Crippen LogP contribution in [0.25, 0.3) is 0 Å². The third-order valence-electron chi connectivity index (χ3n) is 12.2. The van der Waals surface area contributed by atoms with Crippen LogP contribution in [0.4, 0.5) is 5.69 Å². The summed E-state index contributed by atoms with van der Waals surface area (Å²) in [4.78, 5) is 44.5. The molecule has 1 fully saturated rings. The predicted octanol–water partition coefficient (Wildman–Crippen LogP) is 5.32. The molecule has 4 aliphatic rings. The number of aromatic nitrogens is 2. The van der Waals surface area contributed by atoms with E-state index in [9.17, 15) is 18.6 Å². The van der Waals surface area contributed by atoms with Crippen LogP contribution in [0.5, 0.6) is 11.6 Å². The van der Waals surface area contributed by atoms with Crippen LogP contribution in [0.2, 0.25) is 5.02 Å². The number of ether oxygens (including phenoxy) is 4. The molecule has 2 aliphatic carbocycles. The molecule has 1 unspecified atom stereocenters. The first kappa shape index (κ1) is 41.7. The van der Waals surface area contributed by atoms with Crippen molar-refractivity contribution in [2.24, 2.45) is 29.2 Å². The molecule has 1 spiro atoms. The second-order valence-electron chi connectivity index (χ2n) is 16.1. The van der Waals surface area contributed by atoms with Crippen molar-refractivity contribution in [1.82, 2.24) is 20.0 Å². The fraction of sp³-hybridized carbons (Fsp3) is 0.524. The van der Waals surface area contributed by atoms with Gasteiger partial charge in [0.2, 0.25) is 11.8 Å². The van der Waals surface area contributed by atoms with Gasteiger partial charge in [-0.25, -0.2) is 0 Å². The summed E-state index contributed by atoms with van der Waals surface area (Å²) >= 11 is 6.48. The van der Waals surface area contributed by atoms with Gasteiger partial charge in [0.15, 0.2) is 0 Å². The van der Waals surface area contributed by atoms with E-state index in [1.165, 1.54) is 34.0 Å². The number of hydrogen-bond donors (Lipinski definition) is 1. The molecule has 0 saturated heterocycles. The molecule has 3 heterocycles. The van der Waals surface area contributed by atoms with Crippen molar-refractivity contribution in [3.05, 3.63) is 82.0 Å². The van der Waals surface area contributed by atoms with Gasteiger partial charge in [0, 0.05) is 63.5 Å². The molecule has 2 bridgehead atoms. The van der Waals surface area contributed by atoms with Crippen LogP contribution in [-0.4, -0.2) is 105 Å². The van der Waals surface area contributed by atoms with Crippen molar-refractivity contribution < 1.29 is 37.5 Å². The Kier molecular flexibility index (Phi) is 12.5. The zero-order valence-electron chi connectivity index (χ0n) is 33.8. The Labute approximate surface area is 346 Å². The standard InChI is InChI=1S/C42H52ClN6O8S/c1-25-34(56-22-37(50)47(2)3)15-16-35(54-5)30-12-9-28(30)20-49-23-42(17-7-8-26-18-29(43)11-13-32(26)42)24-57-36-14-10-27(19-33(36)49)38(51)46-58(53)41(25)44-39(52)31-21-48(4)45-40(31)55-6/h10-11,13-16,18-19,21,25,28,30,34-35,41H,7-9,12,17,20,22-24H2,1-6H3,(H,44,52)/q-1/b16-15+/t25-,28-,30+,34-,35-,41?,42-/m0/s1. The third-order valence-corrected chi connectivity index (χ3v) is 13.8. The van der Waals surface area contributed by atoms with Crippen molar-refractivity contribution in [1.29, 1.82) is 0 Å². The lowest BCUT2D eigenvalue weighted by Crippen LogP contribution is -2.49. The van der Waals surface area contributed by atoms with E-state index < -0.39 is 39.8 Å². The van der Waals surface area contributed by atoms with E-state index in [2.05, 4.69) is 31.8 Å². The van der Waals surface area contributed by atoms with E-state index >= 15 is 0 Å². The number of aryl methyl sites for hydroxylation is 2. The van der Waals surface area contributed by atoms with Crippen LogP contribution in [0.15, 0.2) is 59.1 Å². The Morgan fingerprint density at radius 1 is 1.12 bits per heavy atom. The fourth-order valence-corrected chi connectivity index (χ4v) is 10.1. The van der Waals surface area contributed by atoms with E-state index in [1.54, 1.807) is 53.4 Å². The van der Waals surface area contributed by atoms with Crippen molar-refractivity contribution >= 4 is 45.6 Å². The number of amides is 3. The van der Waals surface area contributed by atoms with E-state index in [0.717, 1.165) is 37.8 Å². The van der Waals surface area contributed by atoms with E-state index in [4.69, 9.17) is 30.5 Å². The quantitative estimate of drug-likeness (QED) is 0.245. The Morgan fingerprint density at radius 2 is 1.91 bits per heavy atom. The number of fused-ring (bicyclic) bond motifs is 4. The number of anilines is 1. The molecular weight excluding hydrogens is 784 g/mol. The van der Waals surface area contributed by atoms with Crippen LogP contribution in [0.1, 0.15) is 64.4 Å². The fourth-order valence-electron chi connectivity index (χ4n) is 8.79. The number of hydrogen-bond acceptors (Lipinski definition) is 11. The summed E-state index contributed by atoms with van der Waals surface area (Å²) in [5.41, 5.74) is 3.25. The average Bonchev–Trinajstić information content (AvgIpc) is 3.51. The topological polar surface area (TPSA) is 154 Å². The summed E-state index contributed by atoms with van der Waals surface area (Å²) in [6, 6.07) is 11.4. The summed E-state index contributed by atoms with van der Waals surface area (Å²) in [6.45, 7) is 3.27. The molecule has 2 aromatic carbocycles. The molecule has 2 aliphatic heterocycles. The minimum atomic E-state index is -2.33. The van der Waals surface area contributed by atoms with Gasteiger partial charge >= 0.3 is 0 Å². The van der Waals surface area contributed by atoms with Crippen LogP contribution in [-0.2, 0) is 48.0 Å². The zero-order chi connectivity index (χ0) is 41.3. The van der Waals surface area contributed by atoms with E-state index in [-0.39, 0.29) is 52.9 Å². The molecular formula is C42H52ClN6O8S-. The highest BCUT2D eigenvalue weighted by atomic mass is 35.5. The maximum Gasteiger partial charge on any atom is 0.257 e. The minimum Gasteiger partial charge on any atom is -0.490 e. The molecule has 3 aromatic rings. The van der Waals surface area contributed by atoms with Gasteiger partial charge in [0.05, 0.1) is 31.6 Å². The normalized spacial score (nSPS) is 27.8. The van der Waals surface area contributed by atoms with Gasteiger partial charge in [-0.3, -0.25) is 19.1 Å². The maximum atomic E-state index is 14.4. The Bertz CT molecular complexity index is 2170. The first-order valence-corrected chi connectivity index (χ1v) is 21.2. The second kappa shape index (κ2) is 17.4. The SMILES string of the molecule is COc1nn(C)cc1C(=O)NC1[C@@H](C)[C@@H](OCC(=O)N(C)C)/C=C/[C@H](OC)[C@@H]2CC[C@H]2CN2C[C@@]3(CCCc4cc(Cl)ccc43)COc3ccc(cc32)C(=O)N=[S-]1=O. The van der Waals surface area contributed by atoms with Crippen molar-refractivity contribution in [3.8, 4) is 11.6 Å². The number of carbonyl (C=O) groups is 3. The Balaban J connectivity index is 1.32. The molecule has 14 nitrogen and oxygen atoms in total. The first-order valence-electron chi connectivity index (χ1n) is 19.7. The zero-order valence-corrected chi connectivity index (χ0v) is 35.4. The number of carbonyl (C=O) groups excluding carboxylic acids is 3. The number of nitrogens with zero attached hydrogens (tertiary/aromatic N) is 5. The summed E-state index contributed by atoms with van der Waals surface area (Å²) < 4.78 is 44.4. The molecule has 1 aromatic heterocycles. The van der Waals surface area contributed by atoms with Crippen molar-refractivity contribution in [2.75, 3.05) is 59.5 Å². The highest BCUT2D eigenvalue weighted by molar-refractivity contribution is 7.75. The molecule has 1 saturated carbocycles. The number of rotatable bonds is 7. The third kappa shape index (κ3) is 8.50. The molecule has 3 amide bonds. The molecule has 0 radical (unpaired) electrons. The molecule has 7 atom stereocenters. The monoisotopic (exact) mass is 835 g/mol. The smallest absolute Gasteiger partial charge is 0.257 e. The highest BCUT2D eigenvalue weighted by Gasteiger charge is 2.44. The van der Waals surface area contributed by atoms with Crippen LogP contribution in [0.3, 0.4) is 0 Å². The number of nitrogens with one attached hydrogen (secondary N) is 1. The average molecular weight is 836 g/mol. The van der Waals surface area contributed by atoms with E-state index in [1.807, 2.05) is 18.2 Å². The summed E-state index contributed by atoms with van der Waals surface area (Å²) in [7, 11) is 5.65. The van der Waals surface area contributed by atoms with Gasteiger partial charge in [-0.2, -0.15) is 10.6 Å². The van der Waals surface area contributed by atoms with Gasteiger partial charge < -0.3 is 42.6 Å². The van der Waals surface area contributed by atoms with Crippen LogP contribution >= 0.6 is 11.6 Å². The lowest BCUT2D eigenvalue weighted by Gasteiger charge is -2.46. The highest BCUT2D eigenvalue weighted by Crippen LogP contribution is 2.47. The van der Waals surface area contributed by atoms with Gasteiger partial charge in [-0.15, -0.1) is 5.10 Å². The number of halogens is 1. The van der Waals surface area contributed by atoms with Gasteiger partial charge in [-0.1, -0.05) is 36.7 Å². The van der Waals surface area contributed by atoms with Crippen molar-refractivity contribution in [3.63, 3.8) is 0 Å². The molecule has 7 rings (SSSR count). The summed E-state index contributed by atoms with van der Waals surface area (Å²) in [5, 5.41) is 6.48. The Morgan fingerprint density at radius 3 is 2.64 bits per heavy atom. The maximum absolute atomic E-state index is 14.4. The number of likely N-dealkylation sites (N-methyl/N-ethyl adjacent to an activating group) is 1. The largest absolute Gasteiger partial charge is 0.490 e. The minimum absolute atomic E-state index is 0.0703. The molecule has 58 heavy (non-hydrogen) atoms. The second-order valence-corrected chi connectivity index (χ2v) is 17.8. The lowest BCUT2D eigenvalue weighted by atomic mass is 9.68. The molecule has 1 N–H and O–H groups in total. The number of benzene rings is 2. The van der Waals surface area contributed by atoms with Crippen LogP contribution in [0, 0.1) is 17.8 Å². The van der Waals surface area contributed by atoms with Crippen molar-refractivity contribution in [2.45, 2.75) is 62.0 Å². The summed E-state index contributed by atoms with van der Waals surface area (Å²) in [6.07, 6.45) is 8.86. The molecule has 312 valence electrons. The predicted molar refractivity (Wildman–Crippen MR) is 220 cm³/mol. The first-order chi connectivity index (χ1) is 27.8. The van der Waals surface area contributed by atoms with Crippen LogP contribution < -0.4 is 19.7 Å². The van der Waals surface area contributed by atoms with Gasteiger partial charge in [0.25, 0.3) is 11.8 Å². The van der Waals surface area contributed by atoms with E-state index in [0.29, 0.717) is 30.5 Å². The lowest BCUT2D eigenvalue weighted by molar-refractivity contribution is -0.135. The van der Waals surface area contributed by atoms with Gasteiger partial charge in [0.1, 0.15) is 17.9 Å². The Hall–Kier alpha value is -4.44. The number of methoxy groups -OCH3 is 2. The summed E-state index contributed by atoms with van der Waals surface area (Å²) in [5.74, 6) is -1.28.